The fourth-order valence-corrected chi connectivity index (χ4v) is 4.42. The summed E-state index contributed by atoms with van der Waals surface area (Å²) in [4.78, 5) is 14.4. The fourth-order valence-electron chi connectivity index (χ4n) is 4.42. The van der Waals surface area contributed by atoms with Crippen LogP contribution in [0, 0.1) is 18.3 Å². The molecule has 2 saturated heterocycles. The van der Waals surface area contributed by atoms with Gasteiger partial charge in [-0.2, -0.15) is 5.26 Å². The van der Waals surface area contributed by atoms with Gasteiger partial charge in [0.25, 0.3) is 0 Å². The summed E-state index contributed by atoms with van der Waals surface area (Å²) in [5, 5.41) is 20.9. The normalized spacial score (nSPS) is 28.6. The van der Waals surface area contributed by atoms with Gasteiger partial charge in [-0.3, -0.25) is 0 Å². The monoisotopic (exact) mass is 342 g/mol. The number of fused-ring (bicyclic) bond motifs is 2. The van der Waals surface area contributed by atoms with Gasteiger partial charge in [-0.1, -0.05) is 12.1 Å². The number of aryl methyl sites for hydroxylation is 1. The highest BCUT2D eigenvalue weighted by Crippen LogP contribution is 2.47. The zero-order valence-electron chi connectivity index (χ0n) is 15.4. The number of nitriles is 1. The summed E-state index contributed by atoms with van der Waals surface area (Å²) in [6, 6.07) is 7.62. The Morgan fingerprint density at radius 3 is 2.44 bits per heavy atom. The van der Waals surface area contributed by atoms with Gasteiger partial charge in [-0.15, -0.1) is 0 Å². The van der Waals surface area contributed by atoms with Gasteiger partial charge in [0, 0.05) is 30.5 Å². The summed E-state index contributed by atoms with van der Waals surface area (Å²) < 4.78 is 5.55. The molecular weight excluding hydrogens is 316 g/mol. The van der Waals surface area contributed by atoms with Gasteiger partial charge in [-0.25, -0.2) is 4.79 Å². The van der Waals surface area contributed by atoms with Crippen molar-refractivity contribution < 1.29 is 14.6 Å². The molecule has 2 fully saturated rings. The second kappa shape index (κ2) is 6.03. The first kappa shape index (κ1) is 17.8. The number of rotatable bonds is 1. The Morgan fingerprint density at radius 1 is 1.32 bits per heavy atom. The van der Waals surface area contributed by atoms with E-state index in [9.17, 15) is 15.2 Å². The molecule has 2 heterocycles. The molecule has 2 aliphatic rings. The minimum Gasteiger partial charge on any atom is -0.444 e. The molecule has 0 spiro atoms. The topological polar surface area (TPSA) is 73.6 Å². The van der Waals surface area contributed by atoms with E-state index in [0.29, 0.717) is 18.4 Å². The Labute approximate surface area is 149 Å². The molecule has 0 saturated carbocycles. The number of hydrogen-bond acceptors (Lipinski definition) is 4. The SMILES string of the molecule is Cc1cccc(C#N)c1C1(O)CC2CCC(C1)N2C(=O)OC(C)(C)C. The van der Waals surface area contributed by atoms with Crippen molar-refractivity contribution in [3.8, 4) is 6.07 Å². The molecule has 134 valence electrons. The Balaban J connectivity index is 1.89. The molecule has 1 aromatic rings. The predicted molar refractivity (Wildman–Crippen MR) is 93.9 cm³/mol. The van der Waals surface area contributed by atoms with Crippen LogP contribution in [0.15, 0.2) is 18.2 Å². The number of piperidine rings is 1. The zero-order chi connectivity index (χ0) is 18.4. The van der Waals surface area contributed by atoms with Crippen LogP contribution in [0.3, 0.4) is 0 Å². The molecule has 2 bridgehead atoms. The molecule has 0 radical (unpaired) electrons. The van der Waals surface area contributed by atoms with Gasteiger partial charge < -0.3 is 14.7 Å². The molecule has 0 aliphatic carbocycles. The maximum Gasteiger partial charge on any atom is 0.410 e. The molecule has 1 N–H and O–H groups in total. The van der Waals surface area contributed by atoms with Crippen LogP contribution in [0.25, 0.3) is 0 Å². The van der Waals surface area contributed by atoms with Crippen LogP contribution in [0.1, 0.15) is 63.1 Å². The number of amides is 1. The standard InChI is InChI=1S/C20H26N2O3/c1-13-6-5-7-14(12-21)17(13)20(24)10-15-8-9-16(11-20)22(15)18(23)25-19(2,3)4/h5-7,15-16,24H,8-11H2,1-4H3. The number of carbonyl (C=O) groups excluding carboxylic acids is 1. The summed E-state index contributed by atoms with van der Waals surface area (Å²) >= 11 is 0. The summed E-state index contributed by atoms with van der Waals surface area (Å²) in [5.41, 5.74) is 0.562. The maximum absolute atomic E-state index is 12.6. The van der Waals surface area contributed by atoms with Gasteiger partial charge in [-0.05, 0) is 52.2 Å². The first-order valence-corrected chi connectivity index (χ1v) is 8.88. The van der Waals surface area contributed by atoms with Gasteiger partial charge >= 0.3 is 6.09 Å². The fraction of sp³-hybridized carbons (Fsp3) is 0.600. The summed E-state index contributed by atoms with van der Waals surface area (Å²) in [6.07, 6.45) is 2.32. The number of carbonyl (C=O) groups is 1. The molecule has 1 amide bonds. The highest BCUT2D eigenvalue weighted by Gasteiger charge is 2.52. The lowest BCUT2D eigenvalue weighted by Gasteiger charge is -2.44. The Kier molecular flexibility index (Phi) is 4.28. The summed E-state index contributed by atoms with van der Waals surface area (Å²) in [5.74, 6) is 0. The zero-order valence-corrected chi connectivity index (χ0v) is 15.4. The quantitative estimate of drug-likeness (QED) is 0.846. The molecule has 5 nitrogen and oxygen atoms in total. The highest BCUT2D eigenvalue weighted by atomic mass is 16.6. The molecule has 2 atom stereocenters. The second-order valence-electron chi connectivity index (χ2n) is 8.32. The van der Waals surface area contributed by atoms with E-state index in [4.69, 9.17) is 4.74 Å². The van der Waals surface area contributed by atoms with Crippen molar-refractivity contribution in [2.24, 2.45) is 0 Å². The molecular formula is C20H26N2O3. The molecule has 0 aromatic heterocycles. The van der Waals surface area contributed by atoms with Crippen LogP contribution in [0.2, 0.25) is 0 Å². The van der Waals surface area contributed by atoms with E-state index in [1.807, 2.05) is 44.7 Å². The van der Waals surface area contributed by atoms with E-state index in [2.05, 4.69) is 6.07 Å². The molecule has 2 aliphatic heterocycles. The molecule has 1 aromatic carbocycles. The minimum atomic E-state index is -1.07. The lowest BCUT2D eigenvalue weighted by molar-refractivity contribution is -0.0628. The second-order valence-corrected chi connectivity index (χ2v) is 8.32. The van der Waals surface area contributed by atoms with E-state index in [1.54, 1.807) is 6.07 Å². The minimum absolute atomic E-state index is 0.0512. The van der Waals surface area contributed by atoms with Gasteiger partial charge in [0.2, 0.25) is 0 Å². The number of aliphatic hydroxyl groups is 1. The van der Waals surface area contributed by atoms with E-state index in [0.717, 1.165) is 24.0 Å². The van der Waals surface area contributed by atoms with E-state index in [-0.39, 0.29) is 18.2 Å². The number of nitrogens with zero attached hydrogens (tertiary/aromatic N) is 2. The van der Waals surface area contributed by atoms with Crippen molar-refractivity contribution in [2.75, 3.05) is 0 Å². The van der Waals surface area contributed by atoms with Crippen molar-refractivity contribution >= 4 is 6.09 Å². The average molecular weight is 342 g/mol. The smallest absolute Gasteiger partial charge is 0.410 e. The number of benzene rings is 1. The molecule has 25 heavy (non-hydrogen) atoms. The van der Waals surface area contributed by atoms with Crippen molar-refractivity contribution in [3.63, 3.8) is 0 Å². The van der Waals surface area contributed by atoms with E-state index in [1.165, 1.54) is 0 Å². The van der Waals surface area contributed by atoms with Crippen LogP contribution in [0.5, 0.6) is 0 Å². The summed E-state index contributed by atoms with van der Waals surface area (Å²) in [7, 11) is 0. The molecule has 2 unspecified atom stereocenters. The van der Waals surface area contributed by atoms with Crippen LogP contribution in [0.4, 0.5) is 4.79 Å². The summed E-state index contributed by atoms with van der Waals surface area (Å²) in [6.45, 7) is 7.51. The highest BCUT2D eigenvalue weighted by molar-refractivity contribution is 5.70. The molecule has 5 heteroatoms. The first-order chi connectivity index (χ1) is 11.6. The largest absolute Gasteiger partial charge is 0.444 e. The van der Waals surface area contributed by atoms with Gasteiger partial charge in [0.1, 0.15) is 5.60 Å². The lowest BCUT2D eigenvalue weighted by Crippen LogP contribution is -2.53. The Hall–Kier alpha value is -2.06. The van der Waals surface area contributed by atoms with Crippen molar-refractivity contribution in [1.29, 1.82) is 5.26 Å². The molecule has 3 rings (SSSR count). The van der Waals surface area contributed by atoms with Crippen molar-refractivity contribution in [3.05, 3.63) is 34.9 Å². The predicted octanol–water partition coefficient (Wildman–Crippen LogP) is 3.62. The first-order valence-electron chi connectivity index (χ1n) is 8.88. The van der Waals surface area contributed by atoms with Crippen LogP contribution < -0.4 is 0 Å². The lowest BCUT2D eigenvalue weighted by atomic mass is 9.77. The number of hydrogen-bond donors (Lipinski definition) is 1. The van der Waals surface area contributed by atoms with Crippen molar-refractivity contribution in [2.45, 2.75) is 76.7 Å². The third-order valence-corrected chi connectivity index (χ3v) is 5.23. The Bertz CT molecular complexity index is 715. The van der Waals surface area contributed by atoms with E-state index < -0.39 is 11.2 Å². The van der Waals surface area contributed by atoms with Gasteiger partial charge in [0.05, 0.1) is 17.2 Å². The average Bonchev–Trinajstić information content (AvgIpc) is 2.78. The third kappa shape index (κ3) is 3.23. The van der Waals surface area contributed by atoms with E-state index >= 15 is 0 Å². The van der Waals surface area contributed by atoms with Crippen LogP contribution >= 0.6 is 0 Å². The third-order valence-electron chi connectivity index (χ3n) is 5.23. The van der Waals surface area contributed by atoms with Crippen LogP contribution in [-0.4, -0.2) is 33.8 Å². The van der Waals surface area contributed by atoms with Crippen LogP contribution in [-0.2, 0) is 10.3 Å². The number of ether oxygens (including phenoxy) is 1. The maximum atomic E-state index is 12.6. The van der Waals surface area contributed by atoms with Gasteiger partial charge in [0.15, 0.2) is 0 Å². The Morgan fingerprint density at radius 2 is 1.92 bits per heavy atom. The van der Waals surface area contributed by atoms with Crippen molar-refractivity contribution in [1.82, 2.24) is 4.90 Å².